The fraction of sp³-hybridized carbons (Fsp3) is 0.345. The molecule has 0 amide bonds. The predicted molar refractivity (Wildman–Crippen MR) is 147 cm³/mol. The van der Waals surface area contributed by atoms with E-state index in [9.17, 15) is 9.59 Å². The van der Waals surface area contributed by atoms with Crippen molar-refractivity contribution in [3.63, 3.8) is 0 Å². The second-order valence-electron chi connectivity index (χ2n) is 9.18. The van der Waals surface area contributed by atoms with E-state index in [1.165, 1.54) is 18.4 Å². The Bertz CT molecular complexity index is 1530. The summed E-state index contributed by atoms with van der Waals surface area (Å²) in [5.41, 5.74) is 2.01. The molecule has 1 atom stereocenters. The Kier molecular flexibility index (Phi) is 8.36. The first kappa shape index (κ1) is 27.2. The fourth-order valence-corrected chi connectivity index (χ4v) is 5.25. The average molecular weight is 537 g/mol. The Morgan fingerprint density at radius 3 is 2.45 bits per heavy atom. The van der Waals surface area contributed by atoms with Crippen LogP contribution < -0.4 is 29.1 Å². The highest BCUT2D eigenvalue weighted by atomic mass is 32.1. The number of rotatable bonds is 9. The van der Waals surface area contributed by atoms with Gasteiger partial charge in [-0.15, -0.1) is 0 Å². The fourth-order valence-electron chi connectivity index (χ4n) is 4.20. The summed E-state index contributed by atoms with van der Waals surface area (Å²) in [6.45, 7) is 8.52. The molecule has 200 valence electrons. The summed E-state index contributed by atoms with van der Waals surface area (Å²) in [4.78, 5) is 32.1. The standard InChI is InChI=1S/C29H32N2O6S/c1-7-36-28(33)25-18(4)30-29-31(26(25)22-13-12-21(34-5)15-23(22)35-6)27(32)24(38-29)14-19-8-10-20(11-9-19)37-16-17(2)3/h8-15,17,26H,7,16H2,1-6H3/b24-14+/t26-/m1/s1. The lowest BCUT2D eigenvalue weighted by Crippen LogP contribution is -2.40. The Morgan fingerprint density at radius 2 is 1.82 bits per heavy atom. The molecule has 0 radical (unpaired) electrons. The zero-order chi connectivity index (χ0) is 27.4. The molecule has 1 aliphatic heterocycles. The van der Waals surface area contributed by atoms with Gasteiger partial charge in [0.25, 0.3) is 5.56 Å². The lowest BCUT2D eigenvalue weighted by atomic mass is 9.95. The molecule has 0 bridgehead atoms. The summed E-state index contributed by atoms with van der Waals surface area (Å²) in [5, 5.41) is 0. The minimum absolute atomic E-state index is 0.198. The number of methoxy groups -OCH3 is 2. The van der Waals surface area contributed by atoms with E-state index in [-0.39, 0.29) is 12.2 Å². The van der Waals surface area contributed by atoms with Crippen molar-refractivity contribution in [2.45, 2.75) is 33.7 Å². The molecule has 0 saturated carbocycles. The van der Waals surface area contributed by atoms with E-state index in [0.29, 0.717) is 50.2 Å². The van der Waals surface area contributed by atoms with Crippen LogP contribution in [-0.4, -0.2) is 38.0 Å². The van der Waals surface area contributed by atoms with Gasteiger partial charge in [-0.25, -0.2) is 9.79 Å². The third kappa shape index (κ3) is 5.52. The molecule has 0 saturated heterocycles. The van der Waals surface area contributed by atoms with Crippen LogP contribution in [0.4, 0.5) is 0 Å². The summed E-state index contributed by atoms with van der Waals surface area (Å²) in [7, 11) is 3.10. The van der Waals surface area contributed by atoms with Gasteiger partial charge in [-0.3, -0.25) is 9.36 Å². The number of ether oxygens (including phenoxy) is 4. The van der Waals surface area contributed by atoms with Crippen LogP contribution in [0.15, 0.2) is 63.5 Å². The lowest BCUT2D eigenvalue weighted by Gasteiger charge is -2.26. The molecule has 2 aromatic carbocycles. The van der Waals surface area contributed by atoms with Gasteiger partial charge in [-0.2, -0.15) is 0 Å². The maximum absolute atomic E-state index is 13.8. The van der Waals surface area contributed by atoms with Gasteiger partial charge >= 0.3 is 5.97 Å². The van der Waals surface area contributed by atoms with E-state index in [0.717, 1.165) is 11.3 Å². The monoisotopic (exact) mass is 536 g/mol. The summed E-state index contributed by atoms with van der Waals surface area (Å²) < 4.78 is 24.2. The number of allylic oxidation sites excluding steroid dienone is 1. The first-order chi connectivity index (χ1) is 18.3. The van der Waals surface area contributed by atoms with Gasteiger partial charge in [0.2, 0.25) is 0 Å². The normalized spacial score (nSPS) is 15.2. The van der Waals surface area contributed by atoms with Crippen LogP contribution in [0.2, 0.25) is 0 Å². The smallest absolute Gasteiger partial charge is 0.338 e. The van der Waals surface area contributed by atoms with Gasteiger partial charge < -0.3 is 18.9 Å². The van der Waals surface area contributed by atoms with Gasteiger partial charge in [0.05, 0.1) is 43.2 Å². The van der Waals surface area contributed by atoms with Crippen molar-refractivity contribution in [2.24, 2.45) is 10.9 Å². The summed E-state index contributed by atoms with van der Waals surface area (Å²) in [6.07, 6.45) is 1.82. The van der Waals surface area contributed by atoms with Crippen LogP contribution in [0.1, 0.15) is 44.9 Å². The Morgan fingerprint density at radius 1 is 1.11 bits per heavy atom. The predicted octanol–water partition coefficient (Wildman–Crippen LogP) is 3.85. The van der Waals surface area contributed by atoms with Crippen molar-refractivity contribution >= 4 is 23.4 Å². The number of esters is 1. The summed E-state index contributed by atoms with van der Waals surface area (Å²) in [5.74, 6) is 1.76. The minimum Gasteiger partial charge on any atom is -0.497 e. The molecule has 1 aliphatic rings. The van der Waals surface area contributed by atoms with Gasteiger partial charge in [0.1, 0.15) is 23.3 Å². The van der Waals surface area contributed by atoms with Crippen LogP contribution >= 0.6 is 11.3 Å². The zero-order valence-electron chi connectivity index (χ0n) is 22.4. The second kappa shape index (κ2) is 11.7. The molecule has 9 heteroatoms. The molecule has 1 aromatic heterocycles. The Labute approximate surface area is 225 Å². The molecule has 38 heavy (non-hydrogen) atoms. The molecule has 0 N–H and O–H groups in total. The van der Waals surface area contributed by atoms with Crippen molar-refractivity contribution in [1.29, 1.82) is 0 Å². The number of hydrogen-bond acceptors (Lipinski definition) is 8. The highest BCUT2D eigenvalue weighted by Gasteiger charge is 2.35. The molecule has 8 nitrogen and oxygen atoms in total. The highest BCUT2D eigenvalue weighted by molar-refractivity contribution is 7.07. The van der Waals surface area contributed by atoms with Crippen molar-refractivity contribution in [3.8, 4) is 17.2 Å². The van der Waals surface area contributed by atoms with Crippen LogP contribution in [-0.2, 0) is 9.53 Å². The number of fused-ring (bicyclic) bond motifs is 1. The van der Waals surface area contributed by atoms with Crippen molar-refractivity contribution in [3.05, 3.63) is 84.5 Å². The summed E-state index contributed by atoms with van der Waals surface area (Å²) in [6, 6.07) is 12.1. The maximum atomic E-state index is 13.8. The van der Waals surface area contributed by atoms with Gasteiger partial charge in [0.15, 0.2) is 4.80 Å². The van der Waals surface area contributed by atoms with Crippen LogP contribution in [0.5, 0.6) is 17.2 Å². The first-order valence-electron chi connectivity index (χ1n) is 12.4. The SMILES string of the molecule is CCOC(=O)C1=C(C)N=c2s/c(=C/c3ccc(OCC(C)C)cc3)c(=O)n2[C@@H]1c1ccc(OC)cc1OC. The molecule has 2 heterocycles. The molecule has 0 aliphatic carbocycles. The van der Waals surface area contributed by atoms with E-state index in [4.69, 9.17) is 18.9 Å². The number of benzene rings is 2. The second-order valence-corrected chi connectivity index (χ2v) is 10.2. The van der Waals surface area contributed by atoms with Crippen LogP contribution in [0, 0.1) is 5.92 Å². The summed E-state index contributed by atoms with van der Waals surface area (Å²) >= 11 is 1.27. The van der Waals surface area contributed by atoms with Crippen molar-refractivity contribution in [1.82, 2.24) is 4.57 Å². The Hall–Kier alpha value is -3.85. The number of thiazole rings is 1. The molecule has 0 fully saturated rings. The third-order valence-electron chi connectivity index (χ3n) is 6.01. The topological polar surface area (TPSA) is 88.4 Å². The molecule has 4 rings (SSSR count). The molecular weight excluding hydrogens is 504 g/mol. The Balaban J connectivity index is 1.86. The number of nitrogens with zero attached hydrogens (tertiary/aromatic N) is 2. The van der Waals surface area contributed by atoms with E-state index in [1.807, 2.05) is 30.3 Å². The van der Waals surface area contributed by atoms with Crippen LogP contribution in [0.25, 0.3) is 6.08 Å². The zero-order valence-corrected chi connectivity index (χ0v) is 23.3. The quantitative estimate of drug-likeness (QED) is 0.386. The van der Waals surface area contributed by atoms with Gasteiger partial charge in [-0.1, -0.05) is 37.3 Å². The van der Waals surface area contributed by atoms with E-state index in [1.54, 1.807) is 43.7 Å². The molecule has 3 aromatic rings. The van der Waals surface area contributed by atoms with Crippen LogP contribution in [0.3, 0.4) is 0 Å². The first-order valence-corrected chi connectivity index (χ1v) is 13.2. The van der Waals surface area contributed by atoms with Crippen molar-refractivity contribution in [2.75, 3.05) is 27.4 Å². The lowest BCUT2D eigenvalue weighted by molar-refractivity contribution is -0.139. The highest BCUT2D eigenvalue weighted by Crippen LogP contribution is 2.37. The van der Waals surface area contributed by atoms with E-state index >= 15 is 0 Å². The number of carbonyl (C=O) groups excluding carboxylic acids is 1. The largest absolute Gasteiger partial charge is 0.497 e. The molecule has 0 spiro atoms. The van der Waals surface area contributed by atoms with Crippen molar-refractivity contribution < 1.29 is 23.7 Å². The minimum atomic E-state index is -0.778. The van der Waals surface area contributed by atoms with Gasteiger partial charge in [0, 0.05) is 11.6 Å². The average Bonchev–Trinajstić information content (AvgIpc) is 3.21. The van der Waals surface area contributed by atoms with E-state index < -0.39 is 12.0 Å². The van der Waals surface area contributed by atoms with Gasteiger partial charge in [-0.05, 0) is 55.7 Å². The molecule has 0 unspecified atom stereocenters. The number of hydrogen-bond donors (Lipinski definition) is 0. The van der Waals surface area contributed by atoms with E-state index in [2.05, 4.69) is 18.8 Å². The molecular formula is C29H32N2O6S. The maximum Gasteiger partial charge on any atom is 0.338 e. The number of carbonyl (C=O) groups is 1. The number of aromatic nitrogens is 1. The third-order valence-corrected chi connectivity index (χ3v) is 7.00.